The summed E-state index contributed by atoms with van der Waals surface area (Å²) in [5.41, 5.74) is 0.213. The molecule has 1 N–H and O–H groups in total. The van der Waals surface area contributed by atoms with E-state index in [1.807, 2.05) is 37.3 Å². The molecule has 1 unspecified atom stereocenters. The zero-order valence-electron chi connectivity index (χ0n) is 18.8. The largest absolute Gasteiger partial charge is 0.352 e. The van der Waals surface area contributed by atoms with Crippen molar-refractivity contribution in [2.45, 2.75) is 39.3 Å². The molecule has 2 heterocycles. The van der Waals surface area contributed by atoms with Gasteiger partial charge >= 0.3 is 17.5 Å². The van der Waals surface area contributed by atoms with Crippen LogP contribution in [0, 0.1) is 0 Å². The molecule has 10 heteroatoms. The van der Waals surface area contributed by atoms with Gasteiger partial charge in [-0.1, -0.05) is 53.7 Å². The molecule has 1 amide bonds. The highest BCUT2D eigenvalue weighted by Crippen LogP contribution is 2.11. The average molecular weight is 460 g/mol. The number of carbonyl (C=O) groups excluding carboxylic acids is 1. The van der Waals surface area contributed by atoms with Gasteiger partial charge in [0.1, 0.15) is 0 Å². The molecule has 2 aromatic carbocycles. The molecule has 4 rings (SSSR count). The predicted molar refractivity (Wildman–Crippen MR) is 125 cm³/mol. The lowest BCUT2D eigenvalue weighted by Gasteiger charge is -2.12. The molecule has 0 spiro atoms. The first-order valence-corrected chi connectivity index (χ1v) is 11.0. The standard InChI is InChI=1S/C24H24N6O4/c1-3-29-23(32)19(27-30(24(29)33)18-12-8-5-9-13-18)20-26-22(34-28-20)21(31)25-16(2)14-15-17-10-6-4-7-11-17/h4-13,16H,3,14-15H2,1-2H3,(H,25,31). The van der Waals surface area contributed by atoms with Crippen molar-refractivity contribution in [2.24, 2.45) is 0 Å². The summed E-state index contributed by atoms with van der Waals surface area (Å²) in [6.07, 6.45) is 1.53. The molecule has 0 saturated carbocycles. The van der Waals surface area contributed by atoms with Crippen LogP contribution >= 0.6 is 0 Å². The Morgan fingerprint density at radius 1 is 1.06 bits per heavy atom. The van der Waals surface area contributed by atoms with Gasteiger partial charge in [-0.15, -0.1) is 0 Å². The molecule has 0 fully saturated rings. The van der Waals surface area contributed by atoms with E-state index < -0.39 is 17.2 Å². The molecule has 34 heavy (non-hydrogen) atoms. The molecule has 2 aromatic heterocycles. The third-order valence-electron chi connectivity index (χ3n) is 5.30. The Morgan fingerprint density at radius 3 is 2.41 bits per heavy atom. The Bertz CT molecular complexity index is 1390. The van der Waals surface area contributed by atoms with Crippen molar-refractivity contribution in [3.63, 3.8) is 0 Å². The van der Waals surface area contributed by atoms with Gasteiger partial charge in [0, 0.05) is 12.6 Å². The van der Waals surface area contributed by atoms with Crippen LogP contribution in [0.3, 0.4) is 0 Å². The Morgan fingerprint density at radius 2 is 1.74 bits per heavy atom. The smallest absolute Gasteiger partial charge is 0.345 e. The second kappa shape index (κ2) is 10.1. The summed E-state index contributed by atoms with van der Waals surface area (Å²) in [7, 11) is 0. The number of hydrogen-bond donors (Lipinski definition) is 1. The summed E-state index contributed by atoms with van der Waals surface area (Å²) < 4.78 is 7.22. The lowest BCUT2D eigenvalue weighted by atomic mass is 10.1. The normalized spacial score (nSPS) is 11.8. The van der Waals surface area contributed by atoms with E-state index in [0.29, 0.717) is 5.69 Å². The van der Waals surface area contributed by atoms with Gasteiger partial charge in [-0.2, -0.15) is 14.8 Å². The molecule has 1 atom stereocenters. The van der Waals surface area contributed by atoms with Crippen molar-refractivity contribution >= 4 is 5.91 Å². The maximum atomic E-state index is 12.8. The van der Waals surface area contributed by atoms with Gasteiger partial charge in [0.15, 0.2) is 5.69 Å². The SMILES string of the molecule is CCn1c(=O)c(-c2noc(C(=O)NC(C)CCc3ccccc3)n2)nn(-c2ccccc2)c1=O. The Balaban J connectivity index is 1.56. The van der Waals surface area contributed by atoms with E-state index in [4.69, 9.17) is 4.52 Å². The molecule has 4 aromatic rings. The number of amides is 1. The second-order valence-corrected chi connectivity index (χ2v) is 7.75. The number of hydrogen-bond acceptors (Lipinski definition) is 7. The minimum absolute atomic E-state index is 0.129. The molecule has 174 valence electrons. The molecular weight excluding hydrogens is 436 g/mol. The van der Waals surface area contributed by atoms with E-state index in [-0.39, 0.29) is 30.0 Å². The molecule has 0 aliphatic carbocycles. The van der Waals surface area contributed by atoms with Crippen LogP contribution in [-0.4, -0.2) is 36.4 Å². The predicted octanol–water partition coefficient (Wildman–Crippen LogP) is 2.22. The van der Waals surface area contributed by atoms with Crippen molar-refractivity contribution in [1.29, 1.82) is 0 Å². The van der Waals surface area contributed by atoms with Crippen molar-refractivity contribution in [2.75, 3.05) is 0 Å². The number of aryl methyl sites for hydroxylation is 1. The summed E-state index contributed by atoms with van der Waals surface area (Å²) >= 11 is 0. The summed E-state index contributed by atoms with van der Waals surface area (Å²) in [5, 5.41) is 10.8. The van der Waals surface area contributed by atoms with Gasteiger partial charge < -0.3 is 9.84 Å². The fourth-order valence-corrected chi connectivity index (χ4v) is 3.47. The molecule has 0 saturated heterocycles. The molecule has 0 aliphatic rings. The minimum atomic E-state index is -0.663. The van der Waals surface area contributed by atoms with Crippen LogP contribution in [0.1, 0.15) is 36.5 Å². The van der Waals surface area contributed by atoms with Crippen LogP contribution in [0.15, 0.2) is 74.8 Å². The van der Waals surface area contributed by atoms with Crippen molar-refractivity contribution in [3.05, 3.63) is 93.0 Å². The Labute approximate surface area is 194 Å². The topological polar surface area (TPSA) is 125 Å². The van der Waals surface area contributed by atoms with E-state index in [1.54, 1.807) is 37.3 Å². The van der Waals surface area contributed by atoms with Gasteiger partial charge in [-0.25, -0.2) is 4.79 Å². The summed E-state index contributed by atoms with van der Waals surface area (Å²) in [6.45, 7) is 3.69. The van der Waals surface area contributed by atoms with Gasteiger partial charge in [-0.3, -0.25) is 14.2 Å². The van der Waals surface area contributed by atoms with Gasteiger partial charge in [0.05, 0.1) is 5.69 Å². The van der Waals surface area contributed by atoms with Crippen molar-refractivity contribution < 1.29 is 9.32 Å². The maximum absolute atomic E-state index is 12.8. The number of benzene rings is 2. The number of nitrogens with zero attached hydrogens (tertiary/aromatic N) is 5. The minimum Gasteiger partial charge on any atom is -0.345 e. The molecule has 10 nitrogen and oxygen atoms in total. The monoisotopic (exact) mass is 460 g/mol. The van der Waals surface area contributed by atoms with E-state index in [0.717, 1.165) is 22.1 Å². The molecular formula is C24H24N6O4. The van der Waals surface area contributed by atoms with E-state index >= 15 is 0 Å². The fraction of sp³-hybridized carbons (Fsp3) is 0.250. The zero-order chi connectivity index (χ0) is 24.1. The van der Waals surface area contributed by atoms with Crippen LogP contribution in [0.5, 0.6) is 0 Å². The van der Waals surface area contributed by atoms with Crippen molar-refractivity contribution in [1.82, 2.24) is 29.8 Å². The third kappa shape index (κ3) is 4.85. The number of para-hydroxylation sites is 1. The lowest BCUT2D eigenvalue weighted by Crippen LogP contribution is -2.41. The van der Waals surface area contributed by atoms with Gasteiger partial charge in [-0.05, 0) is 44.4 Å². The quantitative estimate of drug-likeness (QED) is 0.427. The number of rotatable bonds is 8. The Kier molecular flexibility index (Phi) is 6.77. The fourth-order valence-electron chi connectivity index (χ4n) is 3.47. The van der Waals surface area contributed by atoms with Crippen LogP contribution in [0.4, 0.5) is 0 Å². The van der Waals surface area contributed by atoms with E-state index in [9.17, 15) is 14.4 Å². The highest BCUT2D eigenvalue weighted by Gasteiger charge is 2.23. The second-order valence-electron chi connectivity index (χ2n) is 7.75. The first-order chi connectivity index (χ1) is 16.5. The van der Waals surface area contributed by atoms with E-state index in [2.05, 4.69) is 20.6 Å². The summed E-state index contributed by atoms with van der Waals surface area (Å²) in [6, 6.07) is 18.5. The molecule has 0 aliphatic heterocycles. The van der Waals surface area contributed by atoms with Crippen LogP contribution in [0.25, 0.3) is 17.2 Å². The first-order valence-electron chi connectivity index (χ1n) is 11.0. The van der Waals surface area contributed by atoms with Crippen LogP contribution in [-0.2, 0) is 13.0 Å². The van der Waals surface area contributed by atoms with Crippen molar-refractivity contribution in [3.8, 4) is 17.2 Å². The first kappa shape index (κ1) is 22.8. The highest BCUT2D eigenvalue weighted by molar-refractivity contribution is 5.90. The number of nitrogens with one attached hydrogen (secondary N) is 1. The van der Waals surface area contributed by atoms with Crippen LogP contribution < -0.4 is 16.6 Å². The Hall–Kier alpha value is -4.34. The van der Waals surface area contributed by atoms with E-state index in [1.165, 1.54) is 5.56 Å². The molecule has 0 bridgehead atoms. The van der Waals surface area contributed by atoms with Gasteiger partial charge in [0.25, 0.3) is 5.56 Å². The maximum Gasteiger partial charge on any atom is 0.352 e. The lowest BCUT2D eigenvalue weighted by molar-refractivity contribution is 0.0894. The number of aromatic nitrogens is 5. The van der Waals surface area contributed by atoms with Gasteiger partial charge in [0.2, 0.25) is 5.82 Å². The highest BCUT2D eigenvalue weighted by atomic mass is 16.5. The zero-order valence-corrected chi connectivity index (χ0v) is 18.8. The third-order valence-corrected chi connectivity index (χ3v) is 5.30. The summed E-state index contributed by atoms with van der Waals surface area (Å²) in [4.78, 5) is 42.3. The average Bonchev–Trinajstić information content (AvgIpc) is 3.35. The molecule has 0 radical (unpaired) electrons. The summed E-state index contributed by atoms with van der Waals surface area (Å²) in [5.74, 6) is -1.01. The number of carbonyl (C=O) groups is 1. The van der Waals surface area contributed by atoms with Crippen LogP contribution in [0.2, 0.25) is 0 Å².